The normalized spacial score (nSPS) is 26.7. The SMILES string of the molecule is COP(=O)(O)OCc1cc(CO)cc(CNC(=O)CCCCC(=O)[C@H](CCC(=O)NCCCCO[C@@H]2O[C@H](CO)[C@H](O)[C@H](O)[C@H]2C)NC(=O)[C@H](CCC(=O)NCCCCO[C@@H]2O[C@H](CO)[C@H](O)[C@H](O)[C@H]2NC(C)=O)CC(=O)[C@@H](C)CCC(=O)NCCCCO[C@@H]2O[C@H](CO)[C@H](O)[C@H](O)[C@H]2C)c1. The quantitative estimate of drug-likeness (QED) is 0.0249. The van der Waals surface area contributed by atoms with Gasteiger partial charge in [-0.2, -0.15) is 0 Å². The third-order valence-electron chi connectivity index (χ3n) is 17.9. The maximum absolute atomic E-state index is 14.5. The number of carbonyl (C=O) groups is 8. The van der Waals surface area contributed by atoms with Crippen molar-refractivity contribution in [2.24, 2.45) is 23.7 Å². The standard InChI is InChI=1S/C66H111N6O28P/c1-38(16-19-53(81)67-22-8-11-25-94-64-39(2)57(84)59(86)49(34-74)98-64)48(79)31-45(17-20-54(82)68-23-10-13-27-96-66-56(71-41(4)77)62(89)61(88)51(36-76)100-66)63(90)72-46(18-21-55(83)69-24-9-12-26-95-65-40(3)58(85)60(87)50(35-75)99-65)47(78)14-6-7-15-52(80)70-32-42-28-43(33-73)30-44(29-42)37-97-101(91,92)93-5/h28-30,38-40,45-46,49-51,56-62,64-66,73-76,84-89H,6-27,31-37H2,1-5H3,(H,67,81)(H,68,82)(H,69,83)(H,70,80)(H,71,77)(H,72,90)(H,91,92)/t38-,39+,40+,45+,46-,49+,50+,51+,56+,57+,58+,59-,60-,61-,62+,64+,65+,66+/m0/s1. The van der Waals surface area contributed by atoms with E-state index in [1.165, 1.54) is 6.92 Å². The van der Waals surface area contributed by atoms with Gasteiger partial charge in [0.2, 0.25) is 35.4 Å². The van der Waals surface area contributed by atoms with Gasteiger partial charge in [-0.15, -0.1) is 0 Å². The zero-order valence-corrected chi connectivity index (χ0v) is 59.3. The molecule has 34 nitrogen and oxygen atoms in total. The van der Waals surface area contributed by atoms with Crippen molar-refractivity contribution < 1.29 is 136 Å². The number of ether oxygens (including phenoxy) is 6. The summed E-state index contributed by atoms with van der Waals surface area (Å²) in [5.74, 6) is -7.05. The highest BCUT2D eigenvalue weighted by Gasteiger charge is 2.46. The van der Waals surface area contributed by atoms with Crippen molar-refractivity contribution in [3.8, 4) is 0 Å². The van der Waals surface area contributed by atoms with Gasteiger partial charge in [-0.25, -0.2) is 4.57 Å². The fourth-order valence-corrected chi connectivity index (χ4v) is 11.9. The Morgan fingerprint density at radius 1 is 0.535 bits per heavy atom. The van der Waals surface area contributed by atoms with Crippen LogP contribution >= 0.6 is 7.82 Å². The predicted octanol–water partition coefficient (Wildman–Crippen LogP) is -1.94. The maximum atomic E-state index is 14.5. The number of hydrogen-bond donors (Lipinski definition) is 17. The summed E-state index contributed by atoms with van der Waals surface area (Å²) in [5, 5.41) is 117. The third kappa shape index (κ3) is 31.2. The van der Waals surface area contributed by atoms with Gasteiger partial charge in [0.25, 0.3) is 0 Å². The number of phosphoric acid groups is 1. The van der Waals surface area contributed by atoms with Crippen LogP contribution in [0.1, 0.15) is 154 Å². The number of phosphoric ester groups is 1. The minimum atomic E-state index is -4.31. The Morgan fingerprint density at radius 3 is 1.48 bits per heavy atom. The largest absolute Gasteiger partial charge is 0.472 e. The number of aliphatic hydroxyl groups is 10. The minimum absolute atomic E-state index is 0.00910. The number of Topliss-reactive ketones (excluding diaryl/α,β-unsaturated/α-hetero) is 2. The summed E-state index contributed by atoms with van der Waals surface area (Å²) in [6, 6.07) is 2.35. The van der Waals surface area contributed by atoms with Crippen LogP contribution in [-0.2, 0) is 100 Å². The smallest absolute Gasteiger partial charge is 0.394 e. The van der Waals surface area contributed by atoms with Crippen LogP contribution in [0.25, 0.3) is 0 Å². The summed E-state index contributed by atoms with van der Waals surface area (Å²) in [7, 11) is -3.30. The lowest BCUT2D eigenvalue weighted by Gasteiger charge is -2.42. The number of benzene rings is 1. The molecule has 0 radical (unpaired) electrons. The topological polar surface area (TPSA) is 522 Å². The van der Waals surface area contributed by atoms with E-state index in [2.05, 4.69) is 36.4 Å². The highest BCUT2D eigenvalue weighted by molar-refractivity contribution is 7.47. The van der Waals surface area contributed by atoms with Crippen LogP contribution in [0.3, 0.4) is 0 Å². The Labute approximate surface area is 588 Å². The molecule has 101 heavy (non-hydrogen) atoms. The van der Waals surface area contributed by atoms with Crippen molar-refractivity contribution >= 4 is 54.8 Å². The van der Waals surface area contributed by atoms with E-state index in [1.54, 1.807) is 39.0 Å². The van der Waals surface area contributed by atoms with Crippen LogP contribution in [0.2, 0.25) is 0 Å². The summed E-state index contributed by atoms with van der Waals surface area (Å²) in [5.41, 5.74) is 1.42. The second-order valence-electron chi connectivity index (χ2n) is 26.0. The van der Waals surface area contributed by atoms with Gasteiger partial charge in [0.1, 0.15) is 54.6 Å². The summed E-state index contributed by atoms with van der Waals surface area (Å²) < 4.78 is 55.4. The molecule has 0 saturated carbocycles. The van der Waals surface area contributed by atoms with Crippen molar-refractivity contribution in [3.63, 3.8) is 0 Å². The van der Waals surface area contributed by atoms with Crippen molar-refractivity contribution in [2.45, 2.75) is 242 Å². The first-order valence-corrected chi connectivity index (χ1v) is 36.2. The molecular weight excluding hydrogens is 1360 g/mol. The van der Waals surface area contributed by atoms with Gasteiger partial charge in [0.15, 0.2) is 24.7 Å². The molecule has 17 N–H and O–H groups in total. The highest BCUT2D eigenvalue weighted by Crippen LogP contribution is 2.43. The minimum Gasteiger partial charge on any atom is -0.394 e. The molecule has 578 valence electrons. The van der Waals surface area contributed by atoms with Gasteiger partial charge in [-0.3, -0.25) is 47.4 Å². The average Bonchev–Trinajstić information content (AvgIpc) is 0.822. The molecular formula is C66H111N6O28P. The molecule has 0 spiro atoms. The van der Waals surface area contributed by atoms with Gasteiger partial charge < -0.3 is 116 Å². The lowest BCUT2D eigenvalue weighted by atomic mass is 9.88. The lowest BCUT2D eigenvalue weighted by molar-refractivity contribution is -0.282. The molecule has 3 fully saturated rings. The number of aliphatic hydroxyl groups excluding tert-OH is 10. The van der Waals surface area contributed by atoms with Crippen molar-refractivity contribution in [2.75, 3.05) is 66.4 Å². The predicted molar refractivity (Wildman–Crippen MR) is 355 cm³/mol. The molecule has 19 atom stereocenters. The maximum Gasteiger partial charge on any atom is 0.472 e. The van der Waals surface area contributed by atoms with Crippen LogP contribution in [0.15, 0.2) is 18.2 Å². The molecule has 35 heteroatoms. The molecule has 0 bridgehead atoms. The van der Waals surface area contributed by atoms with E-state index in [0.717, 1.165) is 7.11 Å². The fraction of sp³-hybridized carbons (Fsp3) is 0.788. The molecule has 3 saturated heterocycles. The molecule has 6 amide bonds. The Balaban J connectivity index is 1.41. The summed E-state index contributed by atoms with van der Waals surface area (Å²) >= 11 is 0. The number of hydrogen-bond acceptors (Lipinski definition) is 27. The molecule has 1 unspecified atom stereocenters. The number of unbranched alkanes of at least 4 members (excludes halogenated alkanes) is 4. The molecule has 1 aromatic rings. The molecule has 3 aliphatic heterocycles. The van der Waals surface area contributed by atoms with Crippen molar-refractivity contribution in [3.05, 3.63) is 34.9 Å². The van der Waals surface area contributed by atoms with Crippen LogP contribution in [-0.4, -0.2) is 255 Å². The zero-order valence-electron chi connectivity index (χ0n) is 58.4. The Kier molecular flexibility index (Phi) is 40.7. The van der Waals surface area contributed by atoms with Crippen LogP contribution in [0.5, 0.6) is 0 Å². The fourth-order valence-electron chi connectivity index (χ4n) is 11.5. The number of ketones is 2. The number of nitrogens with one attached hydrogen (secondary N) is 6. The third-order valence-corrected chi connectivity index (χ3v) is 18.8. The number of carbonyl (C=O) groups excluding carboxylic acids is 8. The van der Waals surface area contributed by atoms with Crippen molar-refractivity contribution in [1.82, 2.24) is 31.9 Å². The van der Waals surface area contributed by atoms with E-state index >= 15 is 0 Å². The van der Waals surface area contributed by atoms with Crippen LogP contribution in [0, 0.1) is 23.7 Å². The first-order chi connectivity index (χ1) is 48.1. The summed E-state index contributed by atoms with van der Waals surface area (Å²) in [6.07, 6.45) is -12.8. The molecule has 4 rings (SSSR count). The van der Waals surface area contributed by atoms with Crippen LogP contribution in [0.4, 0.5) is 0 Å². The number of rotatable bonds is 49. The van der Waals surface area contributed by atoms with Crippen LogP contribution < -0.4 is 31.9 Å². The number of amides is 6. The second-order valence-corrected chi connectivity index (χ2v) is 27.5. The molecule has 0 aromatic heterocycles. The summed E-state index contributed by atoms with van der Waals surface area (Å²) in [4.78, 5) is 117. The molecule has 3 aliphatic rings. The van der Waals surface area contributed by atoms with E-state index in [4.69, 9.17) is 32.9 Å². The van der Waals surface area contributed by atoms with Gasteiger partial charge in [0.05, 0.1) is 51.3 Å². The first-order valence-electron chi connectivity index (χ1n) is 34.7. The second kappa shape index (κ2) is 46.6. The Hall–Kier alpha value is -5.15. The summed E-state index contributed by atoms with van der Waals surface area (Å²) in [6.45, 7) is 4.60. The van der Waals surface area contributed by atoms with Gasteiger partial charge in [0, 0.05) is 122 Å². The Bertz CT molecular complexity index is 2760. The van der Waals surface area contributed by atoms with Gasteiger partial charge >= 0.3 is 7.82 Å². The Morgan fingerprint density at radius 2 is 0.980 bits per heavy atom. The van der Waals surface area contributed by atoms with E-state index in [1.807, 2.05) is 0 Å². The monoisotopic (exact) mass is 1470 g/mol. The van der Waals surface area contributed by atoms with E-state index in [-0.39, 0.29) is 129 Å². The molecule has 3 heterocycles. The van der Waals surface area contributed by atoms with E-state index in [0.29, 0.717) is 55.2 Å². The average molecular weight is 1470 g/mol. The molecule has 0 aliphatic carbocycles. The van der Waals surface area contributed by atoms with E-state index < -0.39 is 185 Å². The van der Waals surface area contributed by atoms with Gasteiger partial charge in [-0.05, 0) is 87.3 Å². The van der Waals surface area contributed by atoms with E-state index in [9.17, 15) is 98.9 Å². The van der Waals surface area contributed by atoms with Crippen molar-refractivity contribution in [1.29, 1.82) is 0 Å². The first kappa shape index (κ1) is 88.2. The highest BCUT2D eigenvalue weighted by atomic mass is 31.2. The zero-order chi connectivity index (χ0) is 74.8. The van der Waals surface area contributed by atoms with Gasteiger partial charge in [-0.1, -0.05) is 39.0 Å². The lowest BCUT2D eigenvalue weighted by Crippen LogP contribution is -2.64. The molecule has 1 aromatic carbocycles.